The van der Waals surface area contributed by atoms with Crippen molar-refractivity contribution in [2.24, 2.45) is 0 Å². The van der Waals surface area contributed by atoms with Gasteiger partial charge in [0, 0.05) is 23.7 Å². The van der Waals surface area contributed by atoms with E-state index in [2.05, 4.69) is 15.6 Å². The summed E-state index contributed by atoms with van der Waals surface area (Å²) in [4.78, 5) is 28.2. The number of fused-ring (bicyclic) bond motifs is 1. The summed E-state index contributed by atoms with van der Waals surface area (Å²) in [6.07, 6.45) is 0. The van der Waals surface area contributed by atoms with Gasteiger partial charge < -0.3 is 10.6 Å². The summed E-state index contributed by atoms with van der Waals surface area (Å²) in [5, 5.41) is 6.50. The molecule has 1 heterocycles. The number of aromatic nitrogens is 1. The molecule has 0 spiro atoms. The highest BCUT2D eigenvalue weighted by molar-refractivity contribution is 6.07. The van der Waals surface area contributed by atoms with Crippen molar-refractivity contribution in [3.8, 4) is 0 Å². The van der Waals surface area contributed by atoms with Gasteiger partial charge in [-0.1, -0.05) is 11.6 Å². The SMILES string of the molecule is CC(=O)Nc1ccc(NC(=O)c2cc3cc(C)ccc3nc2C)cc1. The van der Waals surface area contributed by atoms with Crippen LogP contribution in [0.2, 0.25) is 0 Å². The standard InChI is InChI=1S/C20H19N3O2/c1-12-4-9-19-15(10-12)11-18(13(2)21-19)20(25)23-17-7-5-16(6-8-17)22-14(3)24/h4-11H,1-3H3,(H,22,24)(H,23,25). The van der Waals surface area contributed by atoms with Gasteiger partial charge >= 0.3 is 0 Å². The molecule has 0 unspecified atom stereocenters. The van der Waals surface area contributed by atoms with Crippen LogP contribution in [0.5, 0.6) is 0 Å². The Labute approximate surface area is 146 Å². The molecule has 3 aromatic rings. The van der Waals surface area contributed by atoms with Crippen molar-refractivity contribution >= 4 is 34.1 Å². The normalized spacial score (nSPS) is 10.5. The molecule has 0 bridgehead atoms. The van der Waals surface area contributed by atoms with Crippen LogP contribution in [0.3, 0.4) is 0 Å². The number of hydrogen-bond donors (Lipinski definition) is 2. The minimum Gasteiger partial charge on any atom is -0.326 e. The van der Waals surface area contributed by atoms with Crippen LogP contribution in [0, 0.1) is 13.8 Å². The number of hydrogen-bond acceptors (Lipinski definition) is 3. The van der Waals surface area contributed by atoms with Gasteiger partial charge in [0.15, 0.2) is 0 Å². The lowest BCUT2D eigenvalue weighted by Gasteiger charge is -2.10. The fourth-order valence-corrected chi connectivity index (χ4v) is 2.66. The Morgan fingerprint density at radius 2 is 1.52 bits per heavy atom. The third kappa shape index (κ3) is 3.83. The zero-order valence-corrected chi connectivity index (χ0v) is 14.4. The number of amides is 2. The van der Waals surface area contributed by atoms with Crippen molar-refractivity contribution < 1.29 is 9.59 Å². The molecule has 5 nitrogen and oxygen atoms in total. The summed E-state index contributed by atoms with van der Waals surface area (Å²) < 4.78 is 0. The molecule has 0 radical (unpaired) electrons. The van der Waals surface area contributed by atoms with E-state index in [1.54, 1.807) is 24.3 Å². The maximum absolute atomic E-state index is 12.6. The predicted octanol–water partition coefficient (Wildman–Crippen LogP) is 4.06. The first-order chi connectivity index (χ1) is 11.9. The summed E-state index contributed by atoms with van der Waals surface area (Å²) in [6, 6.07) is 14.8. The Bertz CT molecular complexity index is 963. The molecule has 0 fully saturated rings. The van der Waals surface area contributed by atoms with Crippen LogP contribution in [-0.4, -0.2) is 16.8 Å². The number of rotatable bonds is 3. The number of benzene rings is 2. The summed E-state index contributed by atoms with van der Waals surface area (Å²) in [5.74, 6) is -0.342. The fourth-order valence-electron chi connectivity index (χ4n) is 2.66. The Morgan fingerprint density at radius 3 is 2.16 bits per heavy atom. The van der Waals surface area contributed by atoms with Crippen LogP contribution in [0.25, 0.3) is 10.9 Å². The first-order valence-corrected chi connectivity index (χ1v) is 7.99. The minimum absolute atomic E-state index is 0.134. The van der Waals surface area contributed by atoms with Crippen LogP contribution in [0.1, 0.15) is 28.5 Å². The zero-order valence-electron chi connectivity index (χ0n) is 14.4. The van der Waals surface area contributed by atoms with Gasteiger partial charge in [0.25, 0.3) is 5.91 Å². The lowest BCUT2D eigenvalue weighted by Crippen LogP contribution is -2.14. The highest BCUT2D eigenvalue weighted by Gasteiger charge is 2.12. The van der Waals surface area contributed by atoms with E-state index in [0.717, 1.165) is 16.5 Å². The van der Waals surface area contributed by atoms with E-state index in [0.29, 0.717) is 22.6 Å². The van der Waals surface area contributed by atoms with E-state index in [9.17, 15) is 9.59 Å². The average molecular weight is 333 g/mol. The molecule has 0 saturated carbocycles. The van der Waals surface area contributed by atoms with E-state index in [4.69, 9.17) is 0 Å². The van der Waals surface area contributed by atoms with Gasteiger partial charge in [-0.3, -0.25) is 14.6 Å². The third-order valence-corrected chi connectivity index (χ3v) is 3.87. The lowest BCUT2D eigenvalue weighted by molar-refractivity contribution is -0.114. The minimum atomic E-state index is -0.208. The lowest BCUT2D eigenvalue weighted by atomic mass is 10.1. The Morgan fingerprint density at radius 1 is 0.880 bits per heavy atom. The first kappa shape index (κ1) is 16.6. The number of carbonyl (C=O) groups excluding carboxylic acids is 2. The van der Waals surface area contributed by atoms with Crippen LogP contribution in [0.4, 0.5) is 11.4 Å². The molecule has 0 aliphatic rings. The van der Waals surface area contributed by atoms with Crippen molar-refractivity contribution in [2.45, 2.75) is 20.8 Å². The average Bonchev–Trinajstić information content (AvgIpc) is 2.56. The number of carbonyl (C=O) groups is 2. The van der Waals surface area contributed by atoms with Crippen molar-refractivity contribution in [2.75, 3.05) is 10.6 Å². The molecular weight excluding hydrogens is 314 g/mol. The maximum Gasteiger partial charge on any atom is 0.257 e. The number of aryl methyl sites for hydroxylation is 2. The molecule has 2 amide bonds. The van der Waals surface area contributed by atoms with Crippen LogP contribution in [-0.2, 0) is 4.79 Å². The smallest absolute Gasteiger partial charge is 0.257 e. The second kappa shape index (κ2) is 6.73. The molecule has 1 aromatic heterocycles. The van der Waals surface area contributed by atoms with Crippen LogP contribution >= 0.6 is 0 Å². The van der Waals surface area contributed by atoms with Gasteiger partial charge in [-0.25, -0.2) is 0 Å². The van der Waals surface area contributed by atoms with Crippen molar-refractivity contribution in [3.63, 3.8) is 0 Å². The molecule has 0 saturated heterocycles. The third-order valence-electron chi connectivity index (χ3n) is 3.87. The monoisotopic (exact) mass is 333 g/mol. The number of pyridine rings is 1. The molecule has 2 aromatic carbocycles. The topological polar surface area (TPSA) is 71.1 Å². The summed E-state index contributed by atoms with van der Waals surface area (Å²) in [6.45, 7) is 5.29. The second-order valence-corrected chi connectivity index (χ2v) is 6.03. The van der Waals surface area contributed by atoms with E-state index in [1.807, 2.05) is 38.1 Å². The molecule has 126 valence electrons. The molecule has 0 aliphatic carbocycles. The summed E-state index contributed by atoms with van der Waals surface area (Å²) in [7, 11) is 0. The predicted molar refractivity (Wildman–Crippen MR) is 99.9 cm³/mol. The van der Waals surface area contributed by atoms with Gasteiger partial charge in [0.2, 0.25) is 5.91 Å². The first-order valence-electron chi connectivity index (χ1n) is 7.99. The van der Waals surface area contributed by atoms with E-state index in [1.165, 1.54) is 6.92 Å². The number of anilines is 2. The second-order valence-electron chi connectivity index (χ2n) is 6.03. The van der Waals surface area contributed by atoms with Gasteiger partial charge in [-0.05, 0) is 56.3 Å². The molecule has 25 heavy (non-hydrogen) atoms. The van der Waals surface area contributed by atoms with Gasteiger partial charge in [0.05, 0.1) is 16.8 Å². The summed E-state index contributed by atoms with van der Waals surface area (Å²) >= 11 is 0. The highest BCUT2D eigenvalue weighted by Crippen LogP contribution is 2.20. The van der Waals surface area contributed by atoms with Crippen molar-refractivity contribution in [1.82, 2.24) is 4.98 Å². The Kier molecular flexibility index (Phi) is 4.48. The molecule has 0 atom stereocenters. The van der Waals surface area contributed by atoms with E-state index < -0.39 is 0 Å². The van der Waals surface area contributed by atoms with Gasteiger partial charge in [-0.2, -0.15) is 0 Å². The van der Waals surface area contributed by atoms with Gasteiger partial charge in [0.1, 0.15) is 0 Å². The maximum atomic E-state index is 12.6. The van der Waals surface area contributed by atoms with E-state index in [-0.39, 0.29) is 11.8 Å². The number of nitrogens with zero attached hydrogens (tertiary/aromatic N) is 1. The Balaban J connectivity index is 1.84. The quantitative estimate of drug-likeness (QED) is 0.759. The Hall–Kier alpha value is -3.21. The highest BCUT2D eigenvalue weighted by atomic mass is 16.2. The molecule has 5 heteroatoms. The van der Waals surface area contributed by atoms with E-state index >= 15 is 0 Å². The summed E-state index contributed by atoms with van der Waals surface area (Å²) in [5.41, 5.74) is 4.57. The largest absolute Gasteiger partial charge is 0.326 e. The zero-order chi connectivity index (χ0) is 18.0. The molecular formula is C20H19N3O2. The van der Waals surface area contributed by atoms with Crippen molar-refractivity contribution in [3.05, 3.63) is 65.4 Å². The fraction of sp³-hybridized carbons (Fsp3) is 0.150. The number of nitrogens with one attached hydrogen (secondary N) is 2. The van der Waals surface area contributed by atoms with Crippen LogP contribution < -0.4 is 10.6 Å². The van der Waals surface area contributed by atoms with Crippen molar-refractivity contribution in [1.29, 1.82) is 0 Å². The van der Waals surface area contributed by atoms with Crippen LogP contribution in [0.15, 0.2) is 48.5 Å². The van der Waals surface area contributed by atoms with Gasteiger partial charge in [-0.15, -0.1) is 0 Å². The molecule has 0 aliphatic heterocycles. The molecule has 2 N–H and O–H groups in total. The molecule has 3 rings (SSSR count).